The first-order valence-electron chi connectivity index (χ1n) is 12.7. The van der Waals surface area contributed by atoms with Crippen molar-refractivity contribution < 1.29 is 9.59 Å². The highest BCUT2D eigenvalue weighted by molar-refractivity contribution is 8.12. The molecule has 0 bridgehead atoms. The number of hydrogen-bond donors (Lipinski definition) is 0. The molecule has 1 amide bonds. The van der Waals surface area contributed by atoms with Gasteiger partial charge in [0.15, 0.2) is 0 Å². The number of halogens is 1. The lowest BCUT2D eigenvalue weighted by Gasteiger charge is -2.42. The predicted molar refractivity (Wildman–Crippen MR) is 152 cm³/mol. The zero-order chi connectivity index (χ0) is 25.6. The Labute approximate surface area is 226 Å². The standard InChI is InChI=1S/C12H16ClNS.C12H23N3OS.C2H4O/c1-10-4-2-3-9-14(10)15-12-7-5-11(13)6-8-12;1-13-6-8-14(9-7-13)11-4-3-5-15(10-11)12(16)17-2;1-2-3/h5-8,10H,2-4,9H2,1H3;11H,3-10H2,1-2H3;2H,1H3/t10-;;/m1../s1. The first-order chi connectivity index (χ1) is 16.9. The second-order valence-corrected chi connectivity index (χ2v) is 11.6. The van der Waals surface area contributed by atoms with E-state index in [1.165, 1.54) is 55.8 Å². The third-order valence-corrected chi connectivity index (χ3v) is 8.78. The minimum Gasteiger partial charge on any atom is -0.332 e. The van der Waals surface area contributed by atoms with Gasteiger partial charge in [-0.3, -0.25) is 9.69 Å². The van der Waals surface area contributed by atoms with Crippen molar-refractivity contribution in [2.24, 2.45) is 0 Å². The molecule has 0 radical (unpaired) electrons. The van der Waals surface area contributed by atoms with Crippen LogP contribution in [-0.2, 0) is 4.79 Å². The first kappa shape index (κ1) is 30.5. The lowest BCUT2D eigenvalue weighted by atomic mass is 10.0. The molecule has 4 rings (SSSR count). The number of carbonyl (C=O) groups is 2. The number of benzene rings is 1. The fourth-order valence-corrected chi connectivity index (χ4v) is 6.16. The summed E-state index contributed by atoms with van der Waals surface area (Å²) in [6.45, 7) is 11.5. The van der Waals surface area contributed by atoms with Gasteiger partial charge in [0.25, 0.3) is 5.24 Å². The summed E-state index contributed by atoms with van der Waals surface area (Å²) < 4.78 is 2.48. The summed E-state index contributed by atoms with van der Waals surface area (Å²) in [7, 11) is 2.18. The topological polar surface area (TPSA) is 47.1 Å². The molecule has 0 N–H and O–H groups in total. The molecule has 3 saturated heterocycles. The van der Waals surface area contributed by atoms with Crippen LogP contribution in [0.1, 0.15) is 46.0 Å². The van der Waals surface area contributed by atoms with Crippen LogP contribution < -0.4 is 0 Å². The maximum atomic E-state index is 11.7. The van der Waals surface area contributed by atoms with Crippen molar-refractivity contribution in [2.75, 3.05) is 59.1 Å². The van der Waals surface area contributed by atoms with Crippen LogP contribution in [0.3, 0.4) is 0 Å². The Kier molecular flexibility index (Phi) is 14.7. The normalized spacial score (nSPS) is 24.0. The van der Waals surface area contributed by atoms with Gasteiger partial charge in [0, 0.05) is 67.8 Å². The molecule has 1 unspecified atom stereocenters. The van der Waals surface area contributed by atoms with Gasteiger partial charge in [0.2, 0.25) is 0 Å². The molecular formula is C26H43ClN4O2S2. The summed E-state index contributed by atoms with van der Waals surface area (Å²) in [5.41, 5.74) is 0. The second kappa shape index (κ2) is 16.9. The number of likely N-dealkylation sites (tertiary alicyclic amines) is 1. The van der Waals surface area contributed by atoms with E-state index in [0.717, 1.165) is 57.0 Å². The van der Waals surface area contributed by atoms with E-state index in [4.69, 9.17) is 16.4 Å². The minimum atomic E-state index is 0.240. The molecule has 3 aliphatic rings. The molecule has 0 aliphatic carbocycles. The summed E-state index contributed by atoms with van der Waals surface area (Å²) in [4.78, 5) is 28.8. The quantitative estimate of drug-likeness (QED) is 0.363. The van der Waals surface area contributed by atoms with Crippen molar-refractivity contribution in [3.63, 3.8) is 0 Å². The monoisotopic (exact) mass is 542 g/mol. The van der Waals surface area contributed by atoms with Gasteiger partial charge >= 0.3 is 0 Å². The lowest BCUT2D eigenvalue weighted by molar-refractivity contribution is -0.106. The van der Waals surface area contributed by atoms with Crippen molar-refractivity contribution in [1.82, 2.24) is 19.0 Å². The van der Waals surface area contributed by atoms with Crippen molar-refractivity contribution in [3.05, 3.63) is 29.3 Å². The molecule has 9 heteroatoms. The Hall–Kier alpha value is -0.770. The molecule has 1 aromatic carbocycles. The molecule has 0 aromatic heterocycles. The van der Waals surface area contributed by atoms with E-state index >= 15 is 0 Å². The van der Waals surface area contributed by atoms with E-state index in [0.29, 0.717) is 12.1 Å². The van der Waals surface area contributed by atoms with Crippen molar-refractivity contribution in [2.45, 2.75) is 62.9 Å². The van der Waals surface area contributed by atoms with E-state index in [2.05, 4.69) is 40.2 Å². The number of carbonyl (C=O) groups excluding carboxylic acids is 2. The van der Waals surface area contributed by atoms with Crippen molar-refractivity contribution in [3.8, 4) is 0 Å². The number of rotatable bonds is 3. The van der Waals surface area contributed by atoms with Crippen LogP contribution >= 0.6 is 35.3 Å². The van der Waals surface area contributed by atoms with E-state index in [1.807, 2.05) is 35.2 Å². The lowest BCUT2D eigenvalue weighted by Crippen LogP contribution is -2.54. The summed E-state index contributed by atoms with van der Waals surface area (Å²) in [5.74, 6) is 0. The number of piperazine rings is 1. The Morgan fingerprint density at radius 1 is 1.00 bits per heavy atom. The summed E-state index contributed by atoms with van der Waals surface area (Å²) in [6.07, 6.45) is 9.05. The second-order valence-electron chi connectivity index (χ2n) is 9.32. The maximum absolute atomic E-state index is 11.7. The number of aldehydes is 1. The molecule has 0 spiro atoms. The van der Waals surface area contributed by atoms with Gasteiger partial charge in [-0.25, -0.2) is 4.31 Å². The van der Waals surface area contributed by atoms with Gasteiger partial charge in [-0.2, -0.15) is 0 Å². The van der Waals surface area contributed by atoms with Gasteiger partial charge in [-0.05, 0) is 89.0 Å². The van der Waals surface area contributed by atoms with Gasteiger partial charge in [-0.15, -0.1) is 0 Å². The van der Waals surface area contributed by atoms with Crippen molar-refractivity contribution >= 4 is 46.8 Å². The number of likely N-dealkylation sites (N-methyl/N-ethyl adjacent to an activating group) is 1. The Balaban J connectivity index is 0.000000223. The SMILES string of the molecule is CC=O.CSC(=O)N1CCCC(N2CCN(C)CC2)C1.C[C@@H]1CCCCN1Sc1ccc(Cl)cc1. The Morgan fingerprint density at radius 3 is 2.26 bits per heavy atom. The Morgan fingerprint density at radius 2 is 1.66 bits per heavy atom. The van der Waals surface area contributed by atoms with Crippen LogP contribution in [0.15, 0.2) is 29.2 Å². The smallest absolute Gasteiger partial charge is 0.281 e. The van der Waals surface area contributed by atoms with Crippen LogP contribution in [0, 0.1) is 0 Å². The molecular weight excluding hydrogens is 500 g/mol. The van der Waals surface area contributed by atoms with E-state index in [-0.39, 0.29) is 5.24 Å². The van der Waals surface area contributed by atoms with Crippen LogP contribution in [0.2, 0.25) is 5.02 Å². The molecule has 198 valence electrons. The highest BCUT2D eigenvalue weighted by Gasteiger charge is 2.29. The van der Waals surface area contributed by atoms with Crippen LogP contribution in [0.25, 0.3) is 0 Å². The zero-order valence-corrected chi connectivity index (χ0v) is 24.2. The third-order valence-electron chi connectivity index (χ3n) is 6.66. The molecule has 2 atom stereocenters. The van der Waals surface area contributed by atoms with Crippen LogP contribution in [0.5, 0.6) is 0 Å². The molecule has 3 fully saturated rings. The molecule has 35 heavy (non-hydrogen) atoms. The fourth-order valence-electron chi connectivity index (χ4n) is 4.57. The third kappa shape index (κ3) is 11.0. The molecule has 0 saturated carbocycles. The van der Waals surface area contributed by atoms with E-state index in [1.54, 1.807) is 0 Å². The number of nitrogens with zero attached hydrogens (tertiary/aromatic N) is 4. The largest absolute Gasteiger partial charge is 0.332 e. The number of amides is 1. The number of thioether (sulfide) groups is 1. The highest BCUT2D eigenvalue weighted by Crippen LogP contribution is 2.30. The van der Waals surface area contributed by atoms with Crippen LogP contribution in [0.4, 0.5) is 4.79 Å². The first-order valence-corrected chi connectivity index (χ1v) is 15.1. The van der Waals surface area contributed by atoms with Crippen LogP contribution in [-0.4, -0.2) is 102 Å². The van der Waals surface area contributed by atoms with Gasteiger partial charge in [0.05, 0.1) is 0 Å². The average Bonchev–Trinajstić information content (AvgIpc) is 2.88. The molecule has 3 heterocycles. The molecule has 1 aromatic rings. The molecule has 6 nitrogen and oxygen atoms in total. The Bertz CT molecular complexity index is 747. The summed E-state index contributed by atoms with van der Waals surface area (Å²) in [6, 6.07) is 9.38. The molecule has 3 aliphatic heterocycles. The minimum absolute atomic E-state index is 0.240. The van der Waals surface area contributed by atoms with E-state index < -0.39 is 0 Å². The number of hydrogen-bond acceptors (Lipinski definition) is 7. The van der Waals surface area contributed by atoms with E-state index in [9.17, 15) is 4.79 Å². The highest BCUT2D eigenvalue weighted by atomic mass is 35.5. The summed E-state index contributed by atoms with van der Waals surface area (Å²) >= 11 is 9.06. The van der Waals surface area contributed by atoms with Crippen molar-refractivity contribution in [1.29, 1.82) is 0 Å². The number of piperidine rings is 2. The fraction of sp³-hybridized carbons (Fsp3) is 0.692. The zero-order valence-electron chi connectivity index (χ0n) is 21.8. The summed E-state index contributed by atoms with van der Waals surface area (Å²) in [5, 5.41) is 1.05. The maximum Gasteiger partial charge on any atom is 0.281 e. The predicted octanol–water partition coefficient (Wildman–Crippen LogP) is 5.61. The van der Waals surface area contributed by atoms with Gasteiger partial charge < -0.3 is 14.6 Å². The van der Waals surface area contributed by atoms with Gasteiger partial charge in [0.1, 0.15) is 6.29 Å². The van der Waals surface area contributed by atoms with Gasteiger partial charge in [-0.1, -0.05) is 29.8 Å². The average molecular weight is 543 g/mol.